The van der Waals surface area contributed by atoms with E-state index in [2.05, 4.69) is 53.6 Å². The van der Waals surface area contributed by atoms with Gasteiger partial charge in [-0.3, -0.25) is 9.97 Å². The Morgan fingerprint density at radius 1 is 1.06 bits per heavy atom. The van der Waals surface area contributed by atoms with Crippen LogP contribution in [0.25, 0.3) is 11.4 Å². The highest BCUT2D eigenvalue weighted by Gasteiger charge is 2.22. The van der Waals surface area contributed by atoms with Crippen LogP contribution >= 0.6 is 11.6 Å². The lowest BCUT2D eigenvalue weighted by Crippen LogP contribution is -2.27. The van der Waals surface area contributed by atoms with Gasteiger partial charge in [-0.15, -0.1) is 0 Å². The molecule has 1 aliphatic heterocycles. The largest absolute Gasteiger partial charge is 0.487 e. The molecule has 0 aromatic carbocycles. The first kappa shape index (κ1) is 23.9. The first-order valence-electron chi connectivity index (χ1n) is 11.4. The molecule has 0 fully saturated rings. The molecule has 34 heavy (non-hydrogen) atoms. The quantitative estimate of drug-likeness (QED) is 0.403. The molecule has 0 radical (unpaired) electrons. The summed E-state index contributed by atoms with van der Waals surface area (Å²) in [6, 6.07) is 7.97. The van der Waals surface area contributed by atoms with Crippen molar-refractivity contribution in [3.63, 3.8) is 0 Å². The fraction of sp³-hybridized carbons (Fsp3) is 0.333. The van der Waals surface area contributed by atoms with Crippen molar-refractivity contribution in [3.05, 3.63) is 87.6 Å². The number of allylic oxidation sites excluding steroid dienone is 2. The molecule has 0 amide bonds. The highest BCUT2D eigenvalue weighted by Crippen LogP contribution is 2.35. The van der Waals surface area contributed by atoms with Gasteiger partial charge in [-0.2, -0.15) is 0 Å². The van der Waals surface area contributed by atoms with Crippen LogP contribution in [0, 0.1) is 13.8 Å². The molecular formula is C27H30ClN5O. The monoisotopic (exact) mass is 475 g/mol. The zero-order chi connectivity index (χ0) is 24.4. The number of hydrogen-bond donors (Lipinski definition) is 0. The lowest BCUT2D eigenvalue weighted by Gasteiger charge is -2.31. The van der Waals surface area contributed by atoms with Crippen LogP contribution in [0.4, 0.5) is 5.69 Å². The summed E-state index contributed by atoms with van der Waals surface area (Å²) in [6.07, 6.45) is 5.61. The zero-order valence-electron chi connectivity index (χ0n) is 20.6. The highest BCUT2D eigenvalue weighted by atomic mass is 35.5. The molecule has 0 unspecified atom stereocenters. The number of nitrogens with zero attached hydrogens (tertiary/aromatic N) is 5. The molecule has 176 valence electrons. The second-order valence-electron chi connectivity index (χ2n) is 9.01. The Balaban J connectivity index is 1.60. The van der Waals surface area contributed by atoms with Gasteiger partial charge < -0.3 is 9.64 Å². The Labute approximate surface area is 206 Å². The Bertz CT molecular complexity index is 1280. The molecule has 3 aromatic rings. The van der Waals surface area contributed by atoms with Crippen molar-refractivity contribution in [3.8, 4) is 11.4 Å². The number of aryl methyl sites for hydroxylation is 2. The van der Waals surface area contributed by atoms with Crippen molar-refractivity contribution in [2.45, 2.75) is 54.1 Å². The van der Waals surface area contributed by atoms with E-state index in [9.17, 15) is 0 Å². The van der Waals surface area contributed by atoms with Gasteiger partial charge in [0.25, 0.3) is 0 Å². The number of anilines is 1. The molecule has 1 aliphatic rings. The maximum Gasteiger partial charge on any atom is 0.131 e. The predicted molar refractivity (Wildman–Crippen MR) is 137 cm³/mol. The molecule has 0 atom stereocenters. The summed E-state index contributed by atoms with van der Waals surface area (Å²) >= 11 is 6.62. The van der Waals surface area contributed by atoms with Gasteiger partial charge in [0.1, 0.15) is 18.2 Å². The first-order valence-corrected chi connectivity index (χ1v) is 11.8. The molecule has 0 aliphatic carbocycles. The number of ether oxygens (including phenoxy) is 1. The van der Waals surface area contributed by atoms with Crippen LogP contribution in [0.5, 0.6) is 0 Å². The molecule has 0 saturated heterocycles. The Morgan fingerprint density at radius 3 is 2.59 bits per heavy atom. The normalized spacial score (nSPS) is 14.0. The lowest BCUT2D eigenvalue weighted by molar-refractivity contribution is 0.202. The van der Waals surface area contributed by atoms with Crippen molar-refractivity contribution < 1.29 is 4.74 Å². The van der Waals surface area contributed by atoms with Crippen LogP contribution in [-0.4, -0.2) is 26.5 Å². The van der Waals surface area contributed by atoms with Gasteiger partial charge in [0.2, 0.25) is 0 Å². The fourth-order valence-electron chi connectivity index (χ4n) is 3.86. The Morgan fingerprint density at radius 2 is 1.85 bits per heavy atom. The highest BCUT2D eigenvalue weighted by molar-refractivity contribution is 6.33. The van der Waals surface area contributed by atoms with E-state index in [-0.39, 0.29) is 5.92 Å². The maximum absolute atomic E-state index is 6.62. The summed E-state index contributed by atoms with van der Waals surface area (Å²) in [6.45, 7) is 13.4. The van der Waals surface area contributed by atoms with Crippen molar-refractivity contribution in [1.29, 1.82) is 0 Å². The van der Waals surface area contributed by atoms with Gasteiger partial charge in [-0.1, -0.05) is 31.5 Å². The number of hydrogen-bond acceptors (Lipinski definition) is 6. The first-order chi connectivity index (χ1) is 16.2. The predicted octanol–water partition coefficient (Wildman–Crippen LogP) is 6.54. The minimum atomic E-state index is 0.236. The van der Waals surface area contributed by atoms with Crippen LogP contribution in [-0.2, 0) is 11.3 Å². The van der Waals surface area contributed by atoms with Gasteiger partial charge in [-0.05, 0) is 63.1 Å². The summed E-state index contributed by atoms with van der Waals surface area (Å²) < 4.78 is 6.12. The molecule has 3 aromatic heterocycles. The average molecular weight is 476 g/mol. The summed E-state index contributed by atoms with van der Waals surface area (Å²) in [5.41, 5.74) is 7.54. The minimum absolute atomic E-state index is 0.236. The second kappa shape index (κ2) is 9.94. The molecule has 0 bridgehead atoms. The average Bonchev–Trinajstić information content (AvgIpc) is 2.80. The fourth-order valence-corrected chi connectivity index (χ4v) is 4.07. The summed E-state index contributed by atoms with van der Waals surface area (Å²) in [5, 5.41) is 0.591. The van der Waals surface area contributed by atoms with Crippen molar-refractivity contribution in [1.82, 2.24) is 19.9 Å². The summed E-state index contributed by atoms with van der Waals surface area (Å²) in [5.74, 6) is 1.91. The van der Waals surface area contributed by atoms with E-state index in [0.717, 1.165) is 56.9 Å². The molecule has 4 heterocycles. The van der Waals surface area contributed by atoms with Crippen LogP contribution in [0.15, 0.2) is 59.8 Å². The van der Waals surface area contributed by atoms with E-state index < -0.39 is 0 Å². The number of aromatic nitrogens is 4. The van der Waals surface area contributed by atoms with E-state index in [1.165, 1.54) is 0 Å². The third kappa shape index (κ3) is 5.12. The van der Waals surface area contributed by atoms with Crippen LogP contribution in [0.2, 0.25) is 5.02 Å². The molecule has 0 saturated carbocycles. The van der Waals surface area contributed by atoms with Gasteiger partial charge in [-0.25, -0.2) is 9.97 Å². The van der Waals surface area contributed by atoms with E-state index in [0.29, 0.717) is 18.2 Å². The Hall–Kier alpha value is -3.25. The van der Waals surface area contributed by atoms with Crippen molar-refractivity contribution in [2.75, 3.05) is 11.4 Å². The van der Waals surface area contributed by atoms with Gasteiger partial charge in [0, 0.05) is 36.2 Å². The van der Waals surface area contributed by atoms with Crippen LogP contribution < -0.4 is 4.90 Å². The SMILES string of the molecule is CC1=CC(OCc2cccc(C)n2)=C(C)CN1c1cc(-c2nc(C(C)C)ncc2C)ncc1Cl. The topological polar surface area (TPSA) is 64.0 Å². The lowest BCUT2D eigenvalue weighted by atomic mass is 10.1. The van der Waals surface area contributed by atoms with E-state index in [1.807, 2.05) is 44.3 Å². The molecule has 4 rings (SSSR count). The van der Waals surface area contributed by atoms with Crippen molar-refractivity contribution >= 4 is 17.3 Å². The zero-order valence-corrected chi connectivity index (χ0v) is 21.3. The van der Waals surface area contributed by atoms with Gasteiger partial charge >= 0.3 is 0 Å². The number of pyridine rings is 2. The van der Waals surface area contributed by atoms with E-state index >= 15 is 0 Å². The maximum atomic E-state index is 6.62. The van der Waals surface area contributed by atoms with E-state index in [1.54, 1.807) is 6.20 Å². The smallest absolute Gasteiger partial charge is 0.131 e. The second-order valence-corrected chi connectivity index (χ2v) is 9.42. The van der Waals surface area contributed by atoms with Gasteiger partial charge in [0.15, 0.2) is 0 Å². The van der Waals surface area contributed by atoms with Gasteiger partial charge in [0.05, 0.1) is 27.8 Å². The third-order valence-corrected chi connectivity index (χ3v) is 6.07. The van der Waals surface area contributed by atoms with Crippen LogP contribution in [0.1, 0.15) is 56.4 Å². The third-order valence-electron chi connectivity index (χ3n) is 5.78. The summed E-state index contributed by atoms with van der Waals surface area (Å²) in [7, 11) is 0. The molecule has 7 heteroatoms. The standard InChI is InChI=1S/C27H30ClN5O/c1-16(2)27-30-12-17(3)26(32-27)23-11-24(22(28)13-29-23)33-14-18(4)25(10-20(33)6)34-15-21-9-7-8-19(5)31-21/h7-13,16H,14-15H2,1-6H3. The Kier molecular flexibility index (Phi) is 6.98. The molecule has 0 spiro atoms. The number of rotatable bonds is 6. The summed E-state index contributed by atoms with van der Waals surface area (Å²) in [4.78, 5) is 20.5. The van der Waals surface area contributed by atoms with E-state index in [4.69, 9.17) is 21.3 Å². The molecule has 0 N–H and O–H groups in total. The molecular weight excluding hydrogens is 446 g/mol. The van der Waals surface area contributed by atoms with Crippen molar-refractivity contribution in [2.24, 2.45) is 0 Å². The minimum Gasteiger partial charge on any atom is -0.487 e. The molecule has 6 nitrogen and oxygen atoms in total. The number of halogens is 1. The van der Waals surface area contributed by atoms with Crippen LogP contribution in [0.3, 0.4) is 0 Å².